The van der Waals surface area contributed by atoms with E-state index in [1.807, 2.05) is 30.3 Å². The van der Waals surface area contributed by atoms with E-state index in [0.717, 1.165) is 11.6 Å². The average molecular weight is 450 g/mol. The number of benzene rings is 1. The number of nitrogens with one attached hydrogen (secondary N) is 1. The Morgan fingerprint density at radius 2 is 1.87 bits per heavy atom. The summed E-state index contributed by atoms with van der Waals surface area (Å²) in [7, 11) is -3.64. The molecule has 1 aromatic carbocycles. The molecule has 2 N–H and O–H groups in total. The first-order chi connectivity index (χ1) is 14.8. The summed E-state index contributed by atoms with van der Waals surface area (Å²) < 4.78 is 27.8. The van der Waals surface area contributed by atoms with Crippen LogP contribution in [0.2, 0.25) is 0 Å². The number of nitrogens with zero attached hydrogens (tertiary/aromatic N) is 2. The Morgan fingerprint density at radius 3 is 2.48 bits per heavy atom. The summed E-state index contributed by atoms with van der Waals surface area (Å²) in [6, 6.07) is 8.91. The van der Waals surface area contributed by atoms with Gasteiger partial charge in [-0.15, -0.1) is 0 Å². The Kier molecular flexibility index (Phi) is 7.85. The fourth-order valence-electron chi connectivity index (χ4n) is 4.38. The molecule has 2 aliphatic rings. The van der Waals surface area contributed by atoms with Gasteiger partial charge in [-0.3, -0.25) is 9.59 Å². The van der Waals surface area contributed by atoms with Crippen LogP contribution in [0.15, 0.2) is 43.0 Å². The molecule has 31 heavy (non-hydrogen) atoms. The maximum Gasteiger partial charge on any atom is 0.243 e. The summed E-state index contributed by atoms with van der Waals surface area (Å²) in [5.74, 6) is -0.315. The number of carbonyl (C=O) groups excluding carboxylic acids is 2. The normalized spacial score (nSPS) is 22.9. The minimum absolute atomic E-state index is 0.0429. The number of rotatable bonds is 8. The summed E-state index contributed by atoms with van der Waals surface area (Å²) in [4.78, 5) is 25.9. The van der Waals surface area contributed by atoms with Gasteiger partial charge in [0.05, 0.1) is 11.9 Å². The molecule has 3 rings (SSSR count). The highest BCUT2D eigenvalue weighted by Crippen LogP contribution is 2.28. The van der Waals surface area contributed by atoms with Crippen molar-refractivity contribution in [2.45, 2.75) is 49.4 Å². The number of sulfonamides is 1. The molecule has 170 valence electrons. The monoisotopic (exact) mass is 449 g/mol. The molecular weight excluding hydrogens is 418 g/mol. The maximum atomic E-state index is 13.2. The highest BCUT2D eigenvalue weighted by atomic mass is 32.2. The molecule has 2 amide bonds. The lowest BCUT2D eigenvalue weighted by atomic mass is 10.1. The summed E-state index contributed by atoms with van der Waals surface area (Å²) in [5.41, 5.74) is 1.11. The van der Waals surface area contributed by atoms with Crippen molar-refractivity contribution in [3.8, 4) is 0 Å². The first-order valence-electron chi connectivity index (χ1n) is 10.7. The molecule has 1 aromatic rings. The second-order valence-electron chi connectivity index (χ2n) is 8.16. The molecule has 0 saturated carbocycles. The van der Waals surface area contributed by atoms with Crippen LogP contribution in [0, 0.1) is 0 Å². The van der Waals surface area contributed by atoms with Crippen LogP contribution in [-0.2, 0) is 26.0 Å². The fraction of sp³-hybridized carbons (Fsp3) is 0.545. The van der Waals surface area contributed by atoms with Gasteiger partial charge < -0.3 is 15.3 Å². The van der Waals surface area contributed by atoms with Gasteiger partial charge >= 0.3 is 0 Å². The van der Waals surface area contributed by atoms with Crippen molar-refractivity contribution in [1.29, 1.82) is 0 Å². The van der Waals surface area contributed by atoms with Gasteiger partial charge in [0.1, 0.15) is 0 Å². The lowest BCUT2D eigenvalue weighted by Crippen LogP contribution is -2.49. The van der Waals surface area contributed by atoms with Crippen LogP contribution < -0.4 is 5.32 Å². The summed E-state index contributed by atoms with van der Waals surface area (Å²) in [6.07, 6.45) is 3.34. The average Bonchev–Trinajstić information content (AvgIpc) is 3.21. The lowest BCUT2D eigenvalue weighted by Gasteiger charge is -2.35. The number of aliphatic hydroxyl groups is 1. The number of likely N-dealkylation sites (tertiary alicyclic amines) is 1. The molecule has 2 fully saturated rings. The SMILES string of the molecule is C=CC(=O)NC1CC(CO)N(S(=O)(=O)C2CCN(C(=O)CCc3ccccc3)CC2)C1. The number of hydrogen-bond donors (Lipinski definition) is 2. The fourth-order valence-corrected chi connectivity index (χ4v) is 6.52. The zero-order valence-electron chi connectivity index (χ0n) is 17.7. The van der Waals surface area contributed by atoms with E-state index in [0.29, 0.717) is 45.2 Å². The van der Waals surface area contributed by atoms with Gasteiger partial charge in [0.25, 0.3) is 0 Å². The van der Waals surface area contributed by atoms with Crippen molar-refractivity contribution in [3.05, 3.63) is 48.6 Å². The van der Waals surface area contributed by atoms with Gasteiger partial charge in [0.15, 0.2) is 0 Å². The Bertz CT molecular complexity index is 882. The molecule has 0 radical (unpaired) electrons. The highest BCUT2D eigenvalue weighted by Gasteiger charge is 2.44. The first kappa shape index (κ1) is 23.4. The van der Waals surface area contributed by atoms with Crippen molar-refractivity contribution in [3.63, 3.8) is 0 Å². The van der Waals surface area contributed by atoms with Crippen LogP contribution >= 0.6 is 0 Å². The van der Waals surface area contributed by atoms with Gasteiger partial charge in [-0.1, -0.05) is 36.9 Å². The Balaban J connectivity index is 1.54. The number of hydrogen-bond acceptors (Lipinski definition) is 5. The number of aryl methyl sites for hydroxylation is 1. The van der Waals surface area contributed by atoms with Crippen molar-refractivity contribution in [2.75, 3.05) is 26.2 Å². The van der Waals surface area contributed by atoms with E-state index in [2.05, 4.69) is 11.9 Å². The molecule has 2 unspecified atom stereocenters. The molecular formula is C22H31N3O5S. The number of carbonyl (C=O) groups is 2. The number of piperidine rings is 1. The van der Waals surface area contributed by atoms with Gasteiger partial charge in [-0.05, 0) is 37.3 Å². The van der Waals surface area contributed by atoms with E-state index in [-0.39, 0.29) is 31.0 Å². The zero-order valence-corrected chi connectivity index (χ0v) is 18.5. The van der Waals surface area contributed by atoms with E-state index in [9.17, 15) is 23.1 Å². The molecule has 2 heterocycles. The van der Waals surface area contributed by atoms with Crippen LogP contribution in [0.3, 0.4) is 0 Å². The smallest absolute Gasteiger partial charge is 0.243 e. The van der Waals surface area contributed by atoms with Crippen molar-refractivity contribution < 1.29 is 23.1 Å². The topological polar surface area (TPSA) is 107 Å². The van der Waals surface area contributed by atoms with E-state index >= 15 is 0 Å². The van der Waals surface area contributed by atoms with Crippen molar-refractivity contribution in [2.24, 2.45) is 0 Å². The summed E-state index contributed by atoms with van der Waals surface area (Å²) >= 11 is 0. The van der Waals surface area contributed by atoms with E-state index < -0.39 is 21.3 Å². The maximum absolute atomic E-state index is 13.2. The molecule has 9 heteroatoms. The van der Waals surface area contributed by atoms with Crippen LogP contribution in [0.4, 0.5) is 0 Å². The zero-order chi connectivity index (χ0) is 22.4. The van der Waals surface area contributed by atoms with Gasteiger partial charge in [0.2, 0.25) is 21.8 Å². The Morgan fingerprint density at radius 1 is 1.19 bits per heavy atom. The van der Waals surface area contributed by atoms with Gasteiger partial charge in [0, 0.05) is 38.1 Å². The molecule has 8 nitrogen and oxygen atoms in total. The summed E-state index contributed by atoms with van der Waals surface area (Å²) in [5, 5.41) is 11.8. The molecule has 0 aromatic heterocycles. The van der Waals surface area contributed by atoms with E-state index in [1.54, 1.807) is 4.90 Å². The third-order valence-electron chi connectivity index (χ3n) is 6.12. The molecule has 0 bridgehead atoms. The number of aliphatic hydroxyl groups excluding tert-OH is 1. The van der Waals surface area contributed by atoms with Crippen LogP contribution in [0.5, 0.6) is 0 Å². The minimum atomic E-state index is -3.64. The standard InChI is InChI=1S/C22H31N3O5S/c1-2-21(27)23-18-14-19(16-26)25(15-18)31(29,30)20-10-12-24(13-11-20)22(28)9-8-17-6-4-3-5-7-17/h2-7,18-20,26H,1,8-16H2,(H,23,27). The van der Waals surface area contributed by atoms with Crippen LogP contribution in [0.1, 0.15) is 31.2 Å². The van der Waals surface area contributed by atoms with E-state index in [4.69, 9.17) is 0 Å². The molecule has 2 atom stereocenters. The van der Waals surface area contributed by atoms with Crippen molar-refractivity contribution >= 4 is 21.8 Å². The van der Waals surface area contributed by atoms with Gasteiger partial charge in [-0.25, -0.2) is 8.42 Å². The van der Waals surface area contributed by atoms with Crippen LogP contribution in [-0.4, -0.2) is 78.1 Å². The van der Waals surface area contributed by atoms with Gasteiger partial charge in [-0.2, -0.15) is 4.31 Å². The lowest BCUT2D eigenvalue weighted by molar-refractivity contribution is -0.132. The quantitative estimate of drug-likeness (QED) is 0.568. The third-order valence-corrected chi connectivity index (χ3v) is 8.53. The molecule has 2 saturated heterocycles. The first-order valence-corrected chi connectivity index (χ1v) is 12.2. The molecule has 0 spiro atoms. The highest BCUT2D eigenvalue weighted by molar-refractivity contribution is 7.89. The second kappa shape index (κ2) is 10.4. The van der Waals surface area contributed by atoms with Crippen LogP contribution in [0.25, 0.3) is 0 Å². The van der Waals surface area contributed by atoms with Crippen molar-refractivity contribution in [1.82, 2.24) is 14.5 Å². The Hall–Kier alpha value is -2.23. The largest absolute Gasteiger partial charge is 0.395 e. The summed E-state index contributed by atoms with van der Waals surface area (Å²) in [6.45, 7) is 4.07. The second-order valence-corrected chi connectivity index (χ2v) is 10.3. The third kappa shape index (κ3) is 5.72. The number of amides is 2. The predicted octanol–water partition coefficient (Wildman–Crippen LogP) is 0.677. The molecule has 0 aliphatic carbocycles. The predicted molar refractivity (Wildman–Crippen MR) is 118 cm³/mol. The van der Waals surface area contributed by atoms with E-state index in [1.165, 1.54) is 4.31 Å². The molecule has 2 aliphatic heterocycles. The minimum Gasteiger partial charge on any atom is -0.395 e. The Labute approximate surface area is 184 Å².